The molecule has 0 spiro atoms. The van der Waals surface area contributed by atoms with Gasteiger partial charge in [0.05, 0.1) is 11.4 Å². The number of aromatic nitrogens is 2. The predicted octanol–water partition coefficient (Wildman–Crippen LogP) is 4.59. The largest absolute Gasteiger partial charge is 0.323 e. The highest BCUT2D eigenvalue weighted by Crippen LogP contribution is 2.19. The van der Waals surface area contributed by atoms with Crippen LogP contribution in [-0.2, 0) is 4.79 Å². The second kappa shape index (κ2) is 7.35. The number of anilines is 1. The van der Waals surface area contributed by atoms with E-state index in [0.29, 0.717) is 0 Å². The quantitative estimate of drug-likeness (QED) is 0.700. The molecule has 0 radical (unpaired) electrons. The molecule has 0 saturated heterocycles. The van der Waals surface area contributed by atoms with Crippen molar-refractivity contribution in [2.24, 2.45) is 0 Å². The SMILES string of the molecule is Cc1ccc(NC(=O)/C=C/c2c(C)nn(-c3ccc(F)cc3)c2C)cc1. The predicted molar refractivity (Wildman–Crippen MR) is 102 cm³/mol. The first kappa shape index (κ1) is 17.6. The van der Waals surface area contributed by atoms with E-state index in [2.05, 4.69) is 10.4 Å². The van der Waals surface area contributed by atoms with E-state index in [-0.39, 0.29) is 11.7 Å². The molecular weight excluding hydrogens is 329 g/mol. The number of nitrogens with zero attached hydrogens (tertiary/aromatic N) is 2. The molecule has 0 aliphatic rings. The third kappa shape index (κ3) is 3.88. The van der Waals surface area contributed by atoms with E-state index < -0.39 is 0 Å². The van der Waals surface area contributed by atoms with Crippen LogP contribution in [0.25, 0.3) is 11.8 Å². The van der Waals surface area contributed by atoms with Gasteiger partial charge in [-0.1, -0.05) is 17.7 Å². The maximum atomic E-state index is 13.1. The van der Waals surface area contributed by atoms with Crippen LogP contribution in [0.2, 0.25) is 0 Å². The number of carbonyl (C=O) groups excluding carboxylic acids is 1. The lowest BCUT2D eigenvalue weighted by molar-refractivity contribution is -0.111. The van der Waals surface area contributed by atoms with Crippen molar-refractivity contribution in [3.8, 4) is 5.69 Å². The van der Waals surface area contributed by atoms with Crippen molar-refractivity contribution in [3.05, 3.63) is 82.9 Å². The summed E-state index contributed by atoms with van der Waals surface area (Å²) in [5, 5.41) is 7.32. The van der Waals surface area contributed by atoms with E-state index in [1.54, 1.807) is 22.9 Å². The summed E-state index contributed by atoms with van der Waals surface area (Å²) in [6.07, 6.45) is 3.24. The Balaban J connectivity index is 1.79. The van der Waals surface area contributed by atoms with Crippen molar-refractivity contribution in [3.63, 3.8) is 0 Å². The van der Waals surface area contributed by atoms with Gasteiger partial charge in [0.1, 0.15) is 5.82 Å². The Labute approximate surface area is 152 Å². The Kier molecular flexibility index (Phi) is 4.98. The Morgan fingerprint density at radius 2 is 1.69 bits per heavy atom. The lowest BCUT2D eigenvalue weighted by Crippen LogP contribution is -2.07. The minimum absolute atomic E-state index is 0.206. The fourth-order valence-electron chi connectivity index (χ4n) is 2.71. The van der Waals surface area contributed by atoms with E-state index in [9.17, 15) is 9.18 Å². The molecule has 3 aromatic rings. The Morgan fingerprint density at radius 1 is 1.04 bits per heavy atom. The Bertz CT molecular complexity index is 954. The van der Waals surface area contributed by atoms with Crippen LogP contribution in [0.3, 0.4) is 0 Å². The average molecular weight is 349 g/mol. The molecule has 0 unspecified atom stereocenters. The molecule has 3 rings (SSSR count). The number of rotatable bonds is 4. The first-order valence-electron chi connectivity index (χ1n) is 8.32. The zero-order chi connectivity index (χ0) is 18.7. The second-order valence-corrected chi connectivity index (χ2v) is 6.16. The van der Waals surface area contributed by atoms with E-state index in [1.807, 2.05) is 45.0 Å². The molecule has 1 heterocycles. The van der Waals surface area contributed by atoms with Crippen LogP contribution in [0.1, 0.15) is 22.5 Å². The van der Waals surface area contributed by atoms with E-state index in [1.165, 1.54) is 18.2 Å². The van der Waals surface area contributed by atoms with Gasteiger partial charge in [-0.2, -0.15) is 5.10 Å². The molecule has 1 aromatic heterocycles. The maximum Gasteiger partial charge on any atom is 0.248 e. The van der Waals surface area contributed by atoms with Crippen LogP contribution in [0.15, 0.2) is 54.6 Å². The van der Waals surface area contributed by atoms with Gasteiger partial charge in [-0.15, -0.1) is 0 Å². The lowest BCUT2D eigenvalue weighted by Gasteiger charge is -2.04. The third-order valence-electron chi connectivity index (χ3n) is 4.14. The molecule has 2 aromatic carbocycles. The molecule has 0 aliphatic heterocycles. The van der Waals surface area contributed by atoms with Crippen molar-refractivity contribution in [1.29, 1.82) is 0 Å². The number of benzene rings is 2. The molecule has 0 saturated carbocycles. The number of aryl methyl sites for hydroxylation is 2. The number of hydrogen-bond acceptors (Lipinski definition) is 2. The van der Waals surface area contributed by atoms with Crippen molar-refractivity contribution < 1.29 is 9.18 Å². The zero-order valence-corrected chi connectivity index (χ0v) is 15.0. The molecular formula is C21H20FN3O. The molecule has 5 heteroatoms. The molecule has 0 atom stereocenters. The molecule has 1 amide bonds. The summed E-state index contributed by atoms with van der Waals surface area (Å²) in [4.78, 5) is 12.1. The van der Waals surface area contributed by atoms with Gasteiger partial charge in [0.15, 0.2) is 0 Å². The van der Waals surface area contributed by atoms with Crippen molar-refractivity contribution in [2.45, 2.75) is 20.8 Å². The molecule has 26 heavy (non-hydrogen) atoms. The maximum absolute atomic E-state index is 13.1. The minimum atomic E-state index is -0.289. The summed E-state index contributed by atoms with van der Waals surface area (Å²) < 4.78 is 14.9. The smallest absolute Gasteiger partial charge is 0.248 e. The summed E-state index contributed by atoms with van der Waals surface area (Å²) in [5.74, 6) is -0.495. The molecule has 1 N–H and O–H groups in total. The molecule has 0 fully saturated rings. The summed E-state index contributed by atoms with van der Waals surface area (Å²) in [6.45, 7) is 5.79. The first-order valence-corrected chi connectivity index (χ1v) is 8.32. The van der Waals surface area contributed by atoms with Crippen LogP contribution in [0.4, 0.5) is 10.1 Å². The molecule has 132 valence electrons. The Hall–Kier alpha value is -3.21. The number of amides is 1. The molecule has 4 nitrogen and oxygen atoms in total. The summed E-state index contributed by atoms with van der Waals surface area (Å²) in [5.41, 5.74) is 5.21. The summed E-state index contributed by atoms with van der Waals surface area (Å²) in [6, 6.07) is 13.8. The van der Waals surface area contributed by atoms with E-state index in [0.717, 1.165) is 33.9 Å². The van der Waals surface area contributed by atoms with Gasteiger partial charge in [-0.3, -0.25) is 4.79 Å². The van der Waals surface area contributed by atoms with Gasteiger partial charge in [0, 0.05) is 23.0 Å². The van der Waals surface area contributed by atoms with Gasteiger partial charge in [0.2, 0.25) is 5.91 Å². The summed E-state index contributed by atoms with van der Waals surface area (Å²) >= 11 is 0. The van der Waals surface area contributed by atoms with Gasteiger partial charge < -0.3 is 5.32 Å². The van der Waals surface area contributed by atoms with Gasteiger partial charge >= 0.3 is 0 Å². The van der Waals surface area contributed by atoms with Crippen LogP contribution in [-0.4, -0.2) is 15.7 Å². The first-order chi connectivity index (χ1) is 12.4. The van der Waals surface area contributed by atoms with Crippen molar-refractivity contribution in [1.82, 2.24) is 9.78 Å². The fourth-order valence-corrected chi connectivity index (χ4v) is 2.71. The number of carbonyl (C=O) groups is 1. The van der Waals surface area contributed by atoms with Crippen LogP contribution >= 0.6 is 0 Å². The molecule has 0 aliphatic carbocycles. The third-order valence-corrected chi connectivity index (χ3v) is 4.14. The number of hydrogen-bond donors (Lipinski definition) is 1. The highest BCUT2D eigenvalue weighted by atomic mass is 19.1. The highest BCUT2D eigenvalue weighted by Gasteiger charge is 2.11. The second-order valence-electron chi connectivity index (χ2n) is 6.16. The average Bonchev–Trinajstić information content (AvgIpc) is 2.90. The van der Waals surface area contributed by atoms with E-state index >= 15 is 0 Å². The Morgan fingerprint density at radius 3 is 2.35 bits per heavy atom. The van der Waals surface area contributed by atoms with Crippen LogP contribution in [0, 0.1) is 26.6 Å². The van der Waals surface area contributed by atoms with Crippen molar-refractivity contribution in [2.75, 3.05) is 5.32 Å². The fraction of sp³-hybridized carbons (Fsp3) is 0.143. The number of halogens is 1. The van der Waals surface area contributed by atoms with Gasteiger partial charge in [-0.05, 0) is 63.2 Å². The minimum Gasteiger partial charge on any atom is -0.323 e. The zero-order valence-electron chi connectivity index (χ0n) is 15.0. The summed E-state index contributed by atoms with van der Waals surface area (Å²) in [7, 11) is 0. The standard InChI is InChI=1S/C21H20FN3O/c1-14-4-8-18(9-5-14)23-21(26)13-12-20-15(2)24-25(16(20)3)19-10-6-17(22)7-11-19/h4-13H,1-3H3,(H,23,26)/b13-12+. The van der Waals surface area contributed by atoms with Crippen LogP contribution in [0.5, 0.6) is 0 Å². The van der Waals surface area contributed by atoms with Gasteiger partial charge in [-0.25, -0.2) is 9.07 Å². The number of nitrogens with one attached hydrogen (secondary N) is 1. The highest BCUT2D eigenvalue weighted by molar-refractivity contribution is 6.02. The monoisotopic (exact) mass is 349 g/mol. The topological polar surface area (TPSA) is 46.9 Å². The molecule has 0 bridgehead atoms. The van der Waals surface area contributed by atoms with Gasteiger partial charge in [0.25, 0.3) is 0 Å². The lowest BCUT2D eigenvalue weighted by atomic mass is 10.1. The van der Waals surface area contributed by atoms with Crippen molar-refractivity contribution >= 4 is 17.7 Å². The normalized spacial score (nSPS) is 11.1. The van der Waals surface area contributed by atoms with E-state index in [4.69, 9.17) is 0 Å². The van der Waals surface area contributed by atoms with Crippen LogP contribution < -0.4 is 5.32 Å².